The van der Waals surface area contributed by atoms with Crippen LogP contribution in [0.15, 0.2) is 215 Å². The number of rotatable bonds is 4. The first-order valence-corrected chi connectivity index (χ1v) is 20.4. The third kappa shape index (κ3) is 5.91. The number of hydrogen-bond acceptors (Lipinski definition) is 2. The molecule has 0 spiro atoms. The van der Waals surface area contributed by atoms with Gasteiger partial charge < -0.3 is 10.2 Å². The van der Waals surface area contributed by atoms with Gasteiger partial charge in [-0.1, -0.05) is 226 Å². The molecular weight excluding hydrogens is 816 g/mol. The maximum absolute atomic E-state index is 12.3. The van der Waals surface area contributed by atoms with Crippen LogP contribution < -0.4 is 0 Å². The van der Waals surface area contributed by atoms with Crippen molar-refractivity contribution in [1.29, 1.82) is 0 Å². The molecule has 56 heavy (non-hydrogen) atoms. The van der Waals surface area contributed by atoms with Crippen LogP contribution in [0.2, 0.25) is 0 Å². The Hall–Kier alpha value is -5.36. The molecule has 0 amide bonds. The van der Waals surface area contributed by atoms with Gasteiger partial charge in [-0.3, -0.25) is 0 Å². The van der Waals surface area contributed by atoms with E-state index in [1.54, 1.807) is 0 Å². The van der Waals surface area contributed by atoms with Crippen LogP contribution in [0.4, 0.5) is 0 Å². The summed E-state index contributed by atoms with van der Waals surface area (Å²) in [6, 6.07) is 61.9. The molecule has 4 atom stereocenters. The standard InChI is InChI=1S/C26H21BrO2.C26H17Br/c27-23-17-9-16-22-24(23)26(29,19-12-5-2-6-13-19)21-15-8-7-14-20(21)25(22,28)18-10-3-1-4-11-18;27-23-17-9-16-22-24(18-10-3-1-4-11-18)20-14-7-8-15-21(20)25(26(22)23)19-12-5-2-6-13-19/h1-17,20-21,28-29H;1-17H. The summed E-state index contributed by atoms with van der Waals surface area (Å²) >= 11 is 7.52. The van der Waals surface area contributed by atoms with Crippen molar-refractivity contribution < 1.29 is 10.2 Å². The van der Waals surface area contributed by atoms with Crippen molar-refractivity contribution in [3.05, 3.63) is 237 Å². The summed E-state index contributed by atoms with van der Waals surface area (Å²) in [7, 11) is 0. The molecule has 8 aromatic rings. The minimum atomic E-state index is -1.27. The van der Waals surface area contributed by atoms with Gasteiger partial charge in [-0.2, -0.15) is 0 Å². The van der Waals surface area contributed by atoms with Gasteiger partial charge in [0.2, 0.25) is 0 Å². The van der Waals surface area contributed by atoms with Crippen LogP contribution in [0, 0.1) is 11.8 Å². The Morgan fingerprint density at radius 2 is 0.821 bits per heavy atom. The Morgan fingerprint density at radius 1 is 0.393 bits per heavy atom. The van der Waals surface area contributed by atoms with Crippen molar-refractivity contribution in [2.24, 2.45) is 11.8 Å². The molecule has 2 aliphatic carbocycles. The highest BCUT2D eigenvalue weighted by atomic mass is 79.9. The molecule has 10 rings (SSSR count). The van der Waals surface area contributed by atoms with Crippen LogP contribution >= 0.6 is 31.9 Å². The predicted molar refractivity (Wildman–Crippen MR) is 238 cm³/mol. The topological polar surface area (TPSA) is 40.5 Å². The molecule has 0 fully saturated rings. The Kier molecular flexibility index (Phi) is 9.69. The minimum absolute atomic E-state index is 0.318. The largest absolute Gasteiger partial charge is 0.380 e. The first kappa shape index (κ1) is 36.3. The van der Waals surface area contributed by atoms with Gasteiger partial charge in [0.05, 0.1) is 0 Å². The number of benzene rings is 8. The molecule has 0 bridgehead atoms. The highest BCUT2D eigenvalue weighted by Crippen LogP contribution is 2.59. The smallest absolute Gasteiger partial charge is 0.123 e. The lowest BCUT2D eigenvalue weighted by atomic mass is 9.55. The van der Waals surface area contributed by atoms with Crippen LogP contribution in [0.5, 0.6) is 0 Å². The molecule has 4 unspecified atom stereocenters. The molecule has 0 heterocycles. The fourth-order valence-corrected chi connectivity index (χ4v) is 10.3. The molecular formula is C52H38Br2O2. The van der Waals surface area contributed by atoms with Crippen LogP contribution in [0.3, 0.4) is 0 Å². The zero-order valence-electron chi connectivity index (χ0n) is 30.4. The number of aliphatic hydroxyl groups is 2. The van der Waals surface area contributed by atoms with Gasteiger partial charge in [0.15, 0.2) is 0 Å². The lowest BCUT2D eigenvalue weighted by Crippen LogP contribution is -2.54. The third-order valence-corrected chi connectivity index (χ3v) is 12.8. The van der Waals surface area contributed by atoms with E-state index in [1.807, 2.05) is 103 Å². The summed E-state index contributed by atoms with van der Waals surface area (Å²) < 4.78 is 1.92. The summed E-state index contributed by atoms with van der Waals surface area (Å²) in [5.41, 5.74) is 5.63. The summed E-state index contributed by atoms with van der Waals surface area (Å²) in [5.74, 6) is -0.645. The molecule has 4 heteroatoms. The van der Waals surface area contributed by atoms with E-state index >= 15 is 0 Å². The predicted octanol–water partition coefficient (Wildman–Crippen LogP) is 13.4. The van der Waals surface area contributed by atoms with Crippen molar-refractivity contribution >= 4 is 53.4 Å². The fourth-order valence-electron chi connectivity index (χ4n) is 9.06. The van der Waals surface area contributed by atoms with Crippen molar-refractivity contribution in [2.75, 3.05) is 0 Å². The quantitative estimate of drug-likeness (QED) is 0.173. The van der Waals surface area contributed by atoms with E-state index in [-0.39, 0.29) is 11.8 Å². The maximum atomic E-state index is 12.3. The average molecular weight is 855 g/mol. The van der Waals surface area contributed by atoms with E-state index in [1.165, 1.54) is 43.8 Å². The molecule has 2 nitrogen and oxygen atoms in total. The number of halogens is 2. The average Bonchev–Trinajstić information content (AvgIpc) is 3.26. The molecule has 2 N–H and O–H groups in total. The molecule has 0 saturated heterocycles. The van der Waals surface area contributed by atoms with Gasteiger partial charge >= 0.3 is 0 Å². The van der Waals surface area contributed by atoms with E-state index in [0.29, 0.717) is 0 Å². The van der Waals surface area contributed by atoms with Gasteiger partial charge in [0, 0.05) is 31.7 Å². The van der Waals surface area contributed by atoms with Crippen LogP contribution in [0.1, 0.15) is 22.3 Å². The Bertz CT molecular complexity index is 2750. The molecule has 272 valence electrons. The molecule has 8 aromatic carbocycles. The lowest BCUT2D eigenvalue weighted by Gasteiger charge is -2.53. The summed E-state index contributed by atoms with van der Waals surface area (Å²) in [5, 5.41) is 29.7. The highest BCUT2D eigenvalue weighted by Gasteiger charge is 2.58. The van der Waals surface area contributed by atoms with E-state index in [9.17, 15) is 10.2 Å². The second-order valence-electron chi connectivity index (χ2n) is 14.4. The highest BCUT2D eigenvalue weighted by molar-refractivity contribution is 9.11. The number of allylic oxidation sites excluding steroid dienone is 2. The normalized spacial score (nSPS) is 20.9. The third-order valence-electron chi connectivity index (χ3n) is 11.5. The lowest BCUT2D eigenvalue weighted by molar-refractivity contribution is -0.0721. The van der Waals surface area contributed by atoms with E-state index < -0.39 is 11.2 Å². The molecule has 0 aliphatic heterocycles. The fraction of sp³-hybridized carbons (Fsp3) is 0.0769. The molecule has 2 aliphatic rings. The van der Waals surface area contributed by atoms with Crippen molar-refractivity contribution in [1.82, 2.24) is 0 Å². The SMILES string of the molecule is Brc1cccc2c(-c3ccccc3)c3ccccc3c(-c3ccccc3)c12.OC1(c2ccccc2)c2cccc(Br)c2C(O)(c2ccccc2)C2C=CC=CC21. The number of hydrogen-bond donors (Lipinski definition) is 2. The summed E-state index contributed by atoms with van der Waals surface area (Å²) in [6.07, 6.45) is 7.97. The van der Waals surface area contributed by atoms with Crippen molar-refractivity contribution in [2.45, 2.75) is 11.2 Å². The second kappa shape index (κ2) is 14.9. The first-order chi connectivity index (χ1) is 27.4. The van der Waals surface area contributed by atoms with Gasteiger partial charge in [0.1, 0.15) is 11.2 Å². The Balaban J connectivity index is 0.000000147. The minimum Gasteiger partial charge on any atom is -0.380 e. The number of fused-ring (bicyclic) bond motifs is 4. The van der Waals surface area contributed by atoms with E-state index in [0.717, 1.165) is 31.2 Å². The van der Waals surface area contributed by atoms with E-state index in [4.69, 9.17) is 0 Å². The zero-order chi connectivity index (χ0) is 38.3. The zero-order valence-corrected chi connectivity index (χ0v) is 33.6. The first-order valence-electron chi connectivity index (χ1n) is 18.9. The van der Waals surface area contributed by atoms with Crippen molar-refractivity contribution in [3.8, 4) is 22.3 Å². The summed E-state index contributed by atoms with van der Waals surface area (Å²) in [6.45, 7) is 0. The monoisotopic (exact) mass is 852 g/mol. The molecule has 0 saturated carbocycles. The van der Waals surface area contributed by atoms with Gasteiger partial charge in [-0.25, -0.2) is 0 Å². The molecule has 0 aromatic heterocycles. The van der Waals surface area contributed by atoms with Crippen molar-refractivity contribution in [3.63, 3.8) is 0 Å². The van der Waals surface area contributed by atoms with Crippen LogP contribution in [-0.4, -0.2) is 10.2 Å². The van der Waals surface area contributed by atoms with Gasteiger partial charge in [-0.05, 0) is 67.2 Å². The van der Waals surface area contributed by atoms with Crippen LogP contribution in [-0.2, 0) is 11.2 Å². The van der Waals surface area contributed by atoms with Crippen LogP contribution in [0.25, 0.3) is 43.8 Å². The molecule has 0 radical (unpaired) electrons. The second-order valence-corrected chi connectivity index (χ2v) is 16.1. The Labute approximate surface area is 344 Å². The summed E-state index contributed by atoms with van der Waals surface area (Å²) in [4.78, 5) is 0. The maximum Gasteiger partial charge on any atom is 0.123 e. The van der Waals surface area contributed by atoms with E-state index in [2.05, 4.69) is 135 Å². The van der Waals surface area contributed by atoms with Gasteiger partial charge in [0.25, 0.3) is 0 Å². The van der Waals surface area contributed by atoms with Gasteiger partial charge in [-0.15, -0.1) is 0 Å². The Morgan fingerprint density at radius 3 is 1.41 bits per heavy atom.